The van der Waals surface area contributed by atoms with E-state index in [1.165, 1.54) is 0 Å². The number of hydrogen-bond acceptors (Lipinski definition) is 2. The van der Waals surface area contributed by atoms with Gasteiger partial charge in [-0.3, -0.25) is 4.79 Å². The highest BCUT2D eigenvalue weighted by atomic mass is 16.3. The topological polar surface area (TPSA) is 37.3 Å². The van der Waals surface area contributed by atoms with Gasteiger partial charge in [0.2, 0.25) is 0 Å². The first-order valence-corrected chi connectivity index (χ1v) is 6.74. The second-order valence-corrected chi connectivity index (χ2v) is 6.49. The number of rotatable bonds is 1. The van der Waals surface area contributed by atoms with Gasteiger partial charge in [0.25, 0.3) is 0 Å². The van der Waals surface area contributed by atoms with Crippen molar-refractivity contribution in [2.24, 2.45) is 23.2 Å². The maximum Gasteiger partial charge on any atom is 0.136 e. The molecular weight excluding hydrogens is 212 g/mol. The van der Waals surface area contributed by atoms with E-state index in [1.807, 2.05) is 0 Å². The molecule has 2 saturated carbocycles. The number of carbonyl (C=O) groups excluding carboxylic acids is 1. The molecule has 0 spiro atoms. The predicted octanol–water partition coefficient (Wildman–Crippen LogP) is 2.95. The van der Waals surface area contributed by atoms with Crippen LogP contribution in [0.5, 0.6) is 0 Å². The van der Waals surface area contributed by atoms with Gasteiger partial charge in [-0.1, -0.05) is 27.4 Å². The fourth-order valence-corrected chi connectivity index (χ4v) is 3.96. The third-order valence-corrected chi connectivity index (χ3v) is 5.17. The summed E-state index contributed by atoms with van der Waals surface area (Å²) in [6, 6.07) is 0. The van der Waals surface area contributed by atoms with Crippen molar-refractivity contribution in [1.82, 2.24) is 0 Å². The third-order valence-electron chi connectivity index (χ3n) is 5.17. The first kappa shape index (κ1) is 12.8. The summed E-state index contributed by atoms with van der Waals surface area (Å²) in [5, 5.41) is 10.0. The summed E-state index contributed by atoms with van der Waals surface area (Å²) in [7, 11) is 0. The zero-order valence-electron chi connectivity index (χ0n) is 11.2. The van der Waals surface area contributed by atoms with E-state index >= 15 is 0 Å². The van der Waals surface area contributed by atoms with E-state index in [9.17, 15) is 9.90 Å². The lowest BCUT2D eigenvalue weighted by Gasteiger charge is -2.37. The van der Waals surface area contributed by atoms with Crippen LogP contribution in [0, 0.1) is 23.2 Å². The average molecular weight is 236 g/mol. The molecule has 0 saturated heterocycles. The average Bonchev–Trinajstić information content (AvgIpc) is 2.43. The maximum absolute atomic E-state index is 12.2. The molecule has 2 nitrogen and oxygen atoms in total. The van der Waals surface area contributed by atoms with E-state index in [4.69, 9.17) is 0 Å². The second-order valence-electron chi connectivity index (χ2n) is 6.49. The lowest BCUT2D eigenvalue weighted by molar-refractivity contribution is -0.123. The van der Waals surface area contributed by atoms with Gasteiger partial charge in [0, 0.05) is 12.3 Å². The normalized spacial score (nSPS) is 42.8. The molecule has 0 aromatic carbocycles. The molecule has 0 bridgehead atoms. The first-order valence-electron chi connectivity index (χ1n) is 6.74. The number of aliphatic hydroxyl groups is 1. The summed E-state index contributed by atoms with van der Waals surface area (Å²) in [4.78, 5) is 12.2. The van der Waals surface area contributed by atoms with E-state index in [1.54, 1.807) is 0 Å². The van der Waals surface area contributed by atoms with Gasteiger partial charge in [-0.15, -0.1) is 0 Å². The molecule has 2 aliphatic rings. The molecular formula is C15H24O2. The molecule has 2 aliphatic carbocycles. The minimum Gasteiger partial charge on any atom is -0.389 e. The number of ketones is 1. The monoisotopic (exact) mass is 236 g/mol. The molecule has 0 aromatic heterocycles. The summed E-state index contributed by atoms with van der Waals surface area (Å²) >= 11 is 0. The van der Waals surface area contributed by atoms with Crippen molar-refractivity contribution in [3.63, 3.8) is 0 Å². The van der Waals surface area contributed by atoms with Crippen LogP contribution >= 0.6 is 0 Å². The lowest BCUT2D eigenvalue weighted by Crippen LogP contribution is -2.32. The largest absolute Gasteiger partial charge is 0.389 e. The zero-order chi connectivity index (χ0) is 12.8. The van der Waals surface area contributed by atoms with Gasteiger partial charge in [0.05, 0.1) is 6.10 Å². The van der Waals surface area contributed by atoms with E-state index < -0.39 is 6.10 Å². The highest BCUT2D eigenvalue weighted by molar-refractivity contribution is 5.85. The summed E-state index contributed by atoms with van der Waals surface area (Å²) in [6.45, 7) is 10.6. The molecule has 2 heteroatoms. The van der Waals surface area contributed by atoms with Crippen LogP contribution in [0.3, 0.4) is 0 Å². The van der Waals surface area contributed by atoms with Crippen LogP contribution in [-0.4, -0.2) is 17.0 Å². The van der Waals surface area contributed by atoms with Crippen LogP contribution in [0.1, 0.15) is 46.5 Å². The van der Waals surface area contributed by atoms with Crippen molar-refractivity contribution < 1.29 is 9.90 Å². The van der Waals surface area contributed by atoms with Crippen LogP contribution in [0.4, 0.5) is 0 Å². The Kier molecular flexibility index (Phi) is 3.19. The second kappa shape index (κ2) is 4.24. The third kappa shape index (κ3) is 1.97. The molecule has 2 rings (SSSR count). The fraction of sp³-hybridized carbons (Fsp3) is 0.800. The molecule has 96 valence electrons. The number of fused-ring (bicyclic) bond motifs is 1. The van der Waals surface area contributed by atoms with E-state index in [0.29, 0.717) is 30.5 Å². The van der Waals surface area contributed by atoms with Crippen LogP contribution < -0.4 is 0 Å². The smallest absolute Gasteiger partial charge is 0.136 e. The van der Waals surface area contributed by atoms with Gasteiger partial charge in [-0.05, 0) is 42.1 Å². The summed E-state index contributed by atoms with van der Waals surface area (Å²) in [5.41, 5.74) is 0.988. The van der Waals surface area contributed by atoms with Gasteiger partial charge in [-0.2, -0.15) is 0 Å². The van der Waals surface area contributed by atoms with Gasteiger partial charge in [0.15, 0.2) is 0 Å². The molecule has 4 atom stereocenters. The summed E-state index contributed by atoms with van der Waals surface area (Å²) < 4.78 is 0. The summed E-state index contributed by atoms with van der Waals surface area (Å²) in [6.07, 6.45) is 2.69. The van der Waals surface area contributed by atoms with Crippen molar-refractivity contribution >= 4 is 5.78 Å². The molecule has 0 aromatic rings. The number of carbonyl (C=O) groups is 1. The molecule has 0 aliphatic heterocycles. The van der Waals surface area contributed by atoms with E-state index in [-0.39, 0.29) is 11.3 Å². The molecule has 0 radical (unpaired) electrons. The highest BCUT2D eigenvalue weighted by Crippen LogP contribution is 2.55. The van der Waals surface area contributed by atoms with Crippen molar-refractivity contribution in [3.05, 3.63) is 12.2 Å². The molecule has 17 heavy (non-hydrogen) atoms. The number of Topliss-reactive ketones (excluding diaryl/α,β-unsaturated/α-hetero) is 1. The van der Waals surface area contributed by atoms with Gasteiger partial charge >= 0.3 is 0 Å². The number of hydrogen-bond donors (Lipinski definition) is 1. The summed E-state index contributed by atoms with van der Waals surface area (Å²) in [5.74, 6) is 1.42. The van der Waals surface area contributed by atoms with Crippen LogP contribution in [0.2, 0.25) is 0 Å². The van der Waals surface area contributed by atoms with Gasteiger partial charge in [-0.25, -0.2) is 0 Å². The Morgan fingerprint density at radius 2 is 2.12 bits per heavy atom. The maximum atomic E-state index is 12.2. The zero-order valence-corrected chi connectivity index (χ0v) is 11.2. The molecule has 1 N–H and O–H groups in total. The Hall–Kier alpha value is -0.630. The quantitative estimate of drug-likeness (QED) is 0.711. The van der Waals surface area contributed by atoms with Gasteiger partial charge < -0.3 is 5.11 Å². The van der Waals surface area contributed by atoms with Crippen LogP contribution in [0.15, 0.2) is 12.2 Å². The minimum atomic E-state index is -0.475. The Balaban J connectivity index is 2.33. The Bertz CT molecular complexity index is 345. The minimum absolute atomic E-state index is 0.0455. The Labute approximate surface area is 104 Å². The van der Waals surface area contributed by atoms with Crippen LogP contribution in [-0.2, 0) is 4.79 Å². The van der Waals surface area contributed by atoms with Crippen LogP contribution in [0.25, 0.3) is 0 Å². The molecule has 0 unspecified atom stereocenters. The lowest BCUT2D eigenvalue weighted by atomic mass is 9.67. The predicted molar refractivity (Wildman–Crippen MR) is 68.5 cm³/mol. The van der Waals surface area contributed by atoms with Gasteiger partial charge in [0.1, 0.15) is 5.78 Å². The molecule has 0 amide bonds. The Morgan fingerprint density at radius 1 is 1.47 bits per heavy atom. The van der Waals surface area contributed by atoms with Crippen molar-refractivity contribution in [2.75, 3.05) is 0 Å². The highest BCUT2D eigenvalue weighted by Gasteiger charge is 2.53. The molecule has 2 fully saturated rings. The molecule has 0 heterocycles. The first-order chi connectivity index (χ1) is 7.86. The van der Waals surface area contributed by atoms with E-state index in [0.717, 1.165) is 18.4 Å². The van der Waals surface area contributed by atoms with Crippen molar-refractivity contribution in [2.45, 2.75) is 52.6 Å². The fourth-order valence-electron chi connectivity index (χ4n) is 3.96. The van der Waals surface area contributed by atoms with Crippen molar-refractivity contribution in [3.8, 4) is 0 Å². The van der Waals surface area contributed by atoms with Crippen molar-refractivity contribution in [1.29, 1.82) is 0 Å². The Morgan fingerprint density at radius 3 is 2.71 bits per heavy atom. The standard InChI is InChI=1S/C15H24O2/c1-9(2)11-7-14(17)12-8-13(16)10(3)5-6-15(11,12)4/h9,11-13,16H,3,5-8H2,1-2,4H3/t11-,12-,13+,15-/m1/s1. The van der Waals surface area contributed by atoms with E-state index in [2.05, 4.69) is 27.4 Å². The number of aliphatic hydroxyl groups excluding tert-OH is 1. The SMILES string of the molecule is C=C1CC[C@@]2(C)[C@H](C[C@@H]1O)C(=O)C[C@@H]2C(C)C.